The molecule has 0 bridgehead atoms. The number of methoxy groups -OCH3 is 1. The fraction of sp³-hybridized carbons (Fsp3) is 0.400. The van der Waals surface area contributed by atoms with E-state index in [1.54, 1.807) is 50.4 Å². The van der Waals surface area contributed by atoms with Gasteiger partial charge in [-0.3, -0.25) is 14.9 Å². The molecule has 0 aliphatic carbocycles. The second kappa shape index (κ2) is 13.2. The largest absolute Gasteiger partial charge is 0.497 e. The van der Waals surface area contributed by atoms with Crippen LogP contribution >= 0.6 is 0 Å². The standard InChI is InChI=1S/C25H33N5O5/c1-19(2)25(31)26-14-6-15-30(3,4)16-7-17-35-24-13-10-21(18-23(24)29(32)33)28-27-20-8-11-22(34-5)12-9-20/h8-13,18H,1,6-7,14-17H2,2-5H3/p+1. The van der Waals surface area contributed by atoms with E-state index in [2.05, 4.69) is 36.2 Å². The minimum Gasteiger partial charge on any atom is -0.497 e. The molecule has 2 aromatic rings. The maximum Gasteiger partial charge on any atom is 0.313 e. The Morgan fingerprint density at radius 3 is 2.34 bits per heavy atom. The third-order valence-electron chi connectivity index (χ3n) is 5.27. The van der Waals surface area contributed by atoms with Gasteiger partial charge in [-0.25, -0.2) is 0 Å². The average Bonchev–Trinajstić information content (AvgIpc) is 2.83. The summed E-state index contributed by atoms with van der Waals surface area (Å²) in [4.78, 5) is 22.6. The Labute approximate surface area is 206 Å². The molecule has 1 N–H and O–H groups in total. The summed E-state index contributed by atoms with van der Waals surface area (Å²) in [5, 5.41) is 22.6. The van der Waals surface area contributed by atoms with Gasteiger partial charge in [-0.15, -0.1) is 0 Å². The van der Waals surface area contributed by atoms with Crippen LogP contribution in [0.2, 0.25) is 0 Å². The maximum atomic E-state index is 11.5. The molecular formula is C25H34N5O5+. The van der Waals surface area contributed by atoms with Crippen LogP contribution in [0.1, 0.15) is 19.8 Å². The fourth-order valence-corrected chi connectivity index (χ4v) is 3.24. The predicted molar refractivity (Wildman–Crippen MR) is 135 cm³/mol. The maximum absolute atomic E-state index is 11.5. The molecule has 1 amide bonds. The molecule has 0 spiro atoms. The number of nitro groups is 1. The van der Waals surface area contributed by atoms with Crippen LogP contribution in [0.4, 0.5) is 17.1 Å². The highest BCUT2D eigenvalue weighted by Crippen LogP contribution is 2.32. The summed E-state index contributed by atoms with van der Waals surface area (Å²) < 4.78 is 11.6. The van der Waals surface area contributed by atoms with Crippen LogP contribution in [-0.4, -0.2) is 62.8 Å². The lowest BCUT2D eigenvalue weighted by Gasteiger charge is -2.29. The molecule has 35 heavy (non-hydrogen) atoms. The lowest BCUT2D eigenvalue weighted by molar-refractivity contribution is -0.890. The number of azo groups is 1. The quantitative estimate of drug-likeness (QED) is 0.102. The Morgan fingerprint density at radius 2 is 1.71 bits per heavy atom. The van der Waals surface area contributed by atoms with Crippen molar-refractivity contribution in [3.05, 3.63) is 64.7 Å². The molecule has 0 aliphatic rings. The van der Waals surface area contributed by atoms with Gasteiger partial charge in [0.2, 0.25) is 5.91 Å². The Kier molecular flexibility index (Phi) is 10.3. The van der Waals surface area contributed by atoms with Crippen LogP contribution in [0, 0.1) is 10.1 Å². The number of nitro benzene ring substituents is 1. The number of rotatable bonds is 14. The van der Waals surface area contributed by atoms with Crippen molar-refractivity contribution in [3.63, 3.8) is 0 Å². The molecule has 0 aliphatic heterocycles. The van der Waals surface area contributed by atoms with Crippen molar-refractivity contribution in [3.8, 4) is 11.5 Å². The third-order valence-corrected chi connectivity index (χ3v) is 5.27. The highest BCUT2D eigenvalue weighted by molar-refractivity contribution is 5.92. The van der Waals surface area contributed by atoms with Gasteiger partial charge in [0.1, 0.15) is 5.75 Å². The molecule has 10 heteroatoms. The van der Waals surface area contributed by atoms with E-state index in [9.17, 15) is 14.9 Å². The number of quaternary nitrogens is 1. The monoisotopic (exact) mass is 484 g/mol. The molecule has 0 fully saturated rings. The molecule has 2 rings (SSSR count). The van der Waals surface area contributed by atoms with Crippen molar-refractivity contribution in [2.45, 2.75) is 19.8 Å². The molecule has 2 aromatic carbocycles. The summed E-state index contributed by atoms with van der Waals surface area (Å²) in [5.41, 5.74) is 1.31. The molecule has 188 valence electrons. The van der Waals surface area contributed by atoms with Crippen LogP contribution in [0.3, 0.4) is 0 Å². The van der Waals surface area contributed by atoms with Crippen molar-refractivity contribution in [2.24, 2.45) is 10.2 Å². The molecule has 0 radical (unpaired) electrons. The van der Waals surface area contributed by atoms with Crippen LogP contribution in [0.5, 0.6) is 11.5 Å². The van der Waals surface area contributed by atoms with E-state index >= 15 is 0 Å². The lowest BCUT2D eigenvalue weighted by atomic mass is 10.2. The van der Waals surface area contributed by atoms with E-state index in [1.165, 1.54) is 6.07 Å². The van der Waals surface area contributed by atoms with Crippen molar-refractivity contribution >= 4 is 23.0 Å². The van der Waals surface area contributed by atoms with E-state index in [-0.39, 0.29) is 17.3 Å². The molecule has 0 aromatic heterocycles. The average molecular weight is 485 g/mol. The van der Waals surface area contributed by atoms with E-state index in [0.29, 0.717) is 35.8 Å². The minimum atomic E-state index is -0.485. The van der Waals surface area contributed by atoms with E-state index in [4.69, 9.17) is 9.47 Å². The van der Waals surface area contributed by atoms with Gasteiger partial charge < -0.3 is 19.3 Å². The summed E-state index contributed by atoms with van der Waals surface area (Å²) in [6.07, 6.45) is 1.56. The van der Waals surface area contributed by atoms with Gasteiger partial charge in [-0.2, -0.15) is 10.2 Å². The Hall–Kier alpha value is -3.79. The Bertz CT molecular complexity index is 1050. The van der Waals surface area contributed by atoms with Gasteiger partial charge in [-0.05, 0) is 43.3 Å². The topological polar surface area (TPSA) is 115 Å². The molecule has 0 atom stereocenters. The first-order chi connectivity index (χ1) is 16.6. The number of hydrogen-bond donors (Lipinski definition) is 1. The molecule has 0 unspecified atom stereocenters. The molecule has 0 heterocycles. The number of carbonyl (C=O) groups is 1. The first-order valence-corrected chi connectivity index (χ1v) is 11.3. The number of benzene rings is 2. The van der Waals surface area contributed by atoms with E-state index < -0.39 is 4.92 Å². The van der Waals surface area contributed by atoms with Gasteiger partial charge in [0.25, 0.3) is 0 Å². The van der Waals surface area contributed by atoms with Crippen LogP contribution in [0.25, 0.3) is 0 Å². The van der Waals surface area contributed by atoms with Crippen LogP contribution in [0.15, 0.2) is 64.8 Å². The summed E-state index contributed by atoms with van der Waals surface area (Å²) in [7, 11) is 5.78. The number of hydrogen-bond acceptors (Lipinski definition) is 7. The van der Waals surface area contributed by atoms with Crippen molar-refractivity contribution in [1.29, 1.82) is 0 Å². The molecule has 0 saturated heterocycles. The lowest BCUT2D eigenvalue weighted by Crippen LogP contribution is -2.43. The number of amides is 1. The molecule has 0 saturated carbocycles. The van der Waals surface area contributed by atoms with Gasteiger partial charge in [0.05, 0.1) is 57.2 Å². The summed E-state index contributed by atoms with van der Waals surface area (Å²) in [5.74, 6) is 0.778. The van der Waals surface area contributed by atoms with Crippen molar-refractivity contribution < 1.29 is 23.7 Å². The van der Waals surface area contributed by atoms with Gasteiger partial charge in [0, 0.05) is 31.0 Å². The fourth-order valence-electron chi connectivity index (χ4n) is 3.24. The first-order valence-electron chi connectivity index (χ1n) is 11.3. The summed E-state index contributed by atoms with van der Waals surface area (Å²) in [6, 6.07) is 11.5. The normalized spacial score (nSPS) is 11.3. The first kappa shape index (κ1) is 27.5. The van der Waals surface area contributed by atoms with E-state index in [0.717, 1.165) is 30.4 Å². The smallest absolute Gasteiger partial charge is 0.313 e. The highest BCUT2D eigenvalue weighted by atomic mass is 16.6. The van der Waals surface area contributed by atoms with E-state index in [1.807, 2.05) is 0 Å². The number of nitrogens with one attached hydrogen (secondary N) is 1. The minimum absolute atomic E-state index is 0.126. The van der Waals surface area contributed by atoms with Gasteiger partial charge in [0.15, 0.2) is 5.75 Å². The zero-order valence-electron chi connectivity index (χ0n) is 20.8. The van der Waals surface area contributed by atoms with Gasteiger partial charge in [-0.1, -0.05) is 6.58 Å². The summed E-state index contributed by atoms with van der Waals surface area (Å²) >= 11 is 0. The Morgan fingerprint density at radius 1 is 1.09 bits per heavy atom. The van der Waals surface area contributed by atoms with Crippen LogP contribution < -0.4 is 14.8 Å². The Balaban J connectivity index is 1.86. The van der Waals surface area contributed by atoms with Crippen molar-refractivity contribution in [1.82, 2.24) is 5.32 Å². The molecule has 10 nitrogen and oxygen atoms in total. The number of ether oxygens (including phenoxy) is 2. The zero-order chi connectivity index (χ0) is 25.8. The van der Waals surface area contributed by atoms with Crippen molar-refractivity contribution in [2.75, 3.05) is 47.4 Å². The number of nitrogens with zero attached hydrogens (tertiary/aromatic N) is 4. The summed E-state index contributed by atoms with van der Waals surface area (Å²) in [6.45, 7) is 7.95. The second-order valence-electron chi connectivity index (χ2n) is 8.78. The third kappa shape index (κ3) is 9.54. The van der Waals surface area contributed by atoms with Gasteiger partial charge >= 0.3 is 5.69 Å². The number of carbonyl (C=O) groups excluding carboxylic acids is 1. The zero-order valence-corrected chi connectivity index (χ0v) is 20.8. The second-order valence-corrected chi connectivity index (χ2v) is 8.78. The molecular weight excluding hydrogens is 450 g/mol. The highest BCUT2D eigenvalue weighted by Gasteiger charge is 2.18. The van der Waals surface area contributed by atoms with Crippen LogP contribution in [-0.2, 0) is 4.79 Å². The predicted octanol–water partition coefficient (Wildman–Crippen LogP) is 4.95. The SMILES string of the molecule is C=C(C)C(=O)NCCC[N+](C)(C)CCCOc1ccc(N=Nc2ccc(OC)cc2)cc1[N+](=O)[O-].